The highest BCUT2D eigenvalue weighted by Crippen LogP contribution is 2.07. The van der Waals surface area contributed by atoms with Gasteiger partial charge in [-0.1, -0.05) is 30.3 Å². The van der Waals surface area contributed by atoms with Crippen molar-refractivity contribution >= 4 is 41.4 Å². The first kappa shape index (κ1) is 30.3. The molecule has 0 fully saturated rings. The van der Waals surface area contributed by atoms with Crippen molar-refractivity contribution in [1.29, 1.82) is 0 Å². The van der Waals surface area contributed by atoms with Crippen LogP contribution in [0.2, 0.25) is 0 Å². The zero-order valence-corrected chi connectivity index (χ0v) is 21.6. The van der Waals surface area contributed by atoms with E-state index in [2.05, 4.69) is 25.9 Å². The summed E-state index contributed by atoms with van der Waals surface area (Å²) in [4.78, 5) is 68.5. The van der Waals surface area contributed by atoms with Crippen molar-refractivity contribution in [1.82, 2.24) is 25.9 Å². The third kappa shape index (κ3) is 10.2. The number of nitrogens with two attached hydrogens (primary N) is 1. The fourth-order valence-electron chi connectivity index (χ4n) is 3.49. The van der Waals surface area contributed by atoms with Crippen LogP contribution >= 0.6 is 11.8 Å². The van der Waals surface area contributed by atoms with Crippen LogP contribution in [0.3, 0.4) is 0 Å². The van der Waals surface area contributed by atoms with Crippen molar-refractivity contribution in [2.24, 2.45) is 5.73 Å². The monoisotopic (exact) mass is 548 g/mol. The Morgan fingerprint density at radius 1 is 0.947 bits per heavy atom. The number of hydrogen-bond acceptors (Lipinski definition) is 8. The molecule has 0 spiro atoms. The molecule has 14 heteroatoms. The molecule has 1 aromatic carbocycles. The lowest BCUT2D eigenvalue weighted by Crippen LogP contribution is -2.58. The van der Waals surface area contributed by atoms with Gasteiger partial charge in [-0.2, -0.15) is 11.8 Å². The molecule has 2 aromatic rings. The summed E-state index contributed by atoms with van der Waals surface area (Å²) in [7, 11) is 0. The summed E-state index contributed by atoms with van der Waals surface area (Å²) in [6.07, 6.45) is 4.16. The molecule has 4 atom stereocenters. The Kier molecular flexibility index (Phi) is 12.3. The molecule has 1 aromatic heterocycles. The van der Waals surface area contributed by atoms with E-state index in [1.54, 1.807) is 36.6 Å². The Balaban J connectivity index is 2.18. The molecule has 0 radical (unpaired) electrons. The second kappa shape index (κ2) is 15.4. The highest BCUT2D eigenvalue weighted by Gasteiger charge is 2.31. The number of aliphatic carboxylic acids is 2. The molecule has 3 amide bonds. The van der Waals surface area contributed by atoms with Crippen molar-refractivity contribution in [3.63, 3.8) is 0 Å². The maximum Gasteiger partial charge on any atom is 0.326 e. The molecule has 8 N–H and O–H groups in total. The van der Waals surface area contributed by atoms with Crippen LogP contribution in [0.25, 0.3) is 0 Å². The van der Waals surface area contributed by atoms with Crippen molar-refractivity contribution < 1.29 is 34.2 Å². The molecular formula is C24H32N6O7S. The molecular weight excluding hydrogens is 516 g/mol. The van der Waals surface area contributed by atoms with Crippen LogP contribution in [0.1, 0.15) is 24.1 Å². The largest absolute Gasteiger partial charge is 0.481 e. The summed E-state index contributed by atoms with van der Waals surface area (Å²) in [6.45, 7) is 0. The SMILES string of the molecule is CSCCC(NC(=O)C(Cc1ccccc1)NC(=O)C(CC(=O)O)NC(=O)C(N)Cc1cnc[nH]1)C(=O)O. The molecule has 0 aliphatic carbocycles. The van der Waals surface area contributed by atoms with Gasteiger partial charge in [0.05, 0.1) is 18.8 Å². The molecule has 0 saturated carbocycles. The molecule has 4 unspecified atom stereocenters. The second-order valence-electron chi connectivity index (χ2n) is 8.48. The van der Waals surface area contributed by atoms with E-state index in [9.17, 15) is 34.2 Å². The van der Waals surface area contributed by atoms with Gasteiger partial charge in [0.1, 0.15) is 18.1 Å². The number of carboxylic acid groups (broad SMARTS) is 2. The normalized spacial score (nSPS) is 13.9. The topological polar surface area (TPSA) is 217 Å². The molecule has 0 aliphatic heterocycles. The Labute approximate surface area is 223 Å². The van der Waals surface area contributed by atoms with Gasteiger partial charge >= 0.3 is 11.9 Å². The third-order valence-corrected chi connectivity index (χ3v) is 6.13. The van der Waals surface area contributed by atoms with Gasteiger partial charge in [0.25, 0.3) is 0 Å². The number of rotatable bonds is 16. The van der Waals surface area contributed by atoms with E-state index in [1.807, 2.05) is 0 Å². The average molecular weight is 549 g/mol. The summed E-state index contributed by atoms with van der Waals surface area (Å²) < 4.78 is 0. The van der Waals surface area contributed by atoms with E-state index in [4.69, 9.17) is 5.73 Å². The van der Waals surface area contributed by atoms with Gasteiger partial charge in [-0.05, 0) is 24.0 Å². The first-order chi connectivity index (χ1) is 18.1. The smallest absolute Gasteiger partial charge is 0.326 e. The number of H-pyrrole nitrogens is 1. The number of aromatic nitrogens is 2. The van der Waals surface area contributed by atoms with Gasteiger partial charge in [0, 0.05) is 24.7 Å². The number of hydrogen-bond donors (Lipinski definition) is 7. The van der Waals surface area contributed by atoms with Crippen molar-refractivity contribution in [3.8, 4) is 0 Å². The number of nitrogens with one attached hydrogen (secondary N) is 4. The van der Waals surface area contributed by atoms with Gasteiger partial charge in [-0.15, -0.1) is 0 Å². The molecule has 2 rings (SSSR count). The van der Waals surface area contributed by atoms with E-state index in [-0.39, 0.29) is 19.3 Å². The van der Waals surface area contributed by atoms with Gasteiger partial charge in [-0.25, -0.2) is 9.78 Å². The quantitative estimate of drug-likeness (QED) is 0.140. The molecule has 38 heavy (non-hydrogen) atoms. The number of amides is 3. The van der Waals surface area contributed by atoms with E-state index in [1.165, 1.54) is 24.3 Å². The van der Waals surface area contributed by atoms with Gasteiger partial charge < -0.3 is 36.9 Å². The summed E-state index contributed by atoms with van der Waals surface area (Å²) in [6, 6.07) is 3.62. The number of imidazole rings is 1. The fourth-order valence-corrected chi connectivity index (χ4v) is 3.96. The maximum atomic E-state index is 13.1. The number of carbonyl (C=O) groups excluding carboxylic acids is 3. The second-order valence-corrected chi connectivity index (χ2v) is 9.46. The Bertz CT molecular complexity index is 1080. The summed E-state index contributed by atoms with van der Waals surface area (Å²) >= 11 is 1.42. The number of carbonyl (C=O) groups is 5. The molecule has 0 bridgehead atoms. The number of benzene rings is 1. The van der Waals surface area contributed by atoms with Crippen LogP contribution in [0, 0.1) is 0 Å². The standard InChI is InChI=1S/C24H32N6O7S/c1-38-8-7-17(24(36)37)28-22(34)18(9-14-5-3-2-4-6-14)30-23(35)19(11-20(31)32)29-21(33)16(25)10-15-12-26-13-27-15/h2-6,12-13,16-19H,7-11,25H2,1H3,(H,26,27)(H,28,34)(H,29,33)(H,30,35)(H,31,32)(H,36,37). The van der Waals surface area contributed by atoms with Crippen molar-refractivity contribution in [2.75, 3.05) is 12.0 Å². The van der Waals surface area contributed by atoms with E-state index in [0.29, 0.717) is 17.0 Å². The minimum atomic E-state index is -1.54. The van der Waals surface area contributed by atoms with E-state index < -0.39 is 60.2 Å². The molecule has 1 heterocycles. The first-order valence-electron chi connectivity index (χ1n) is 11.7. The van der Waals surface area contributed by atoms with Crippen molar-refractivity contribution in [2.45, 2.75) is 49.9 Å². The molecule has 206 valence electrons. The van der Waals surface area contributed by atoms with Crippen LogP contribution in [-0.4, -0.2) is 86.0 Å². The van der Waals surface area contributed by atoms with Gasteiger partial charge in [0.2, 0.25) is 17.7 Å². The highest BCUT2D eigenvalue weighted by molar-refractivity contribution is 7.98. The Hall–Kier alpha value is -3.91. The lowest BCUT2D eigenvalue weighted by atomic mass is 10.0. The summed E-state index contributed by atoms with van der Waals surface area (Å²) in [5, 5.41) is 26.1. The maximum absolute atomic E-state index is 13.1. The minimum absolute atomic E-state index is 0.000353. The predicted molar refractivity (Wildman–Crippen MR) is 139 cm³/mol. The molecule has 0 aliphatic rings. The van der Waals surface area contributed by atoms with Crippen LogP contribution in [-0.2, 0) is 36.8 Å². The predicted octanol–water partition coefficient (Wildman–Crippen LogP) is -0.711. The van der Waals surface area contributed by atoms with Crippen LogP contribution in [0.4, 0.5) is 0 Å². The third-order valence-electron chi connectivity index (χ3n) is 5.48. The number of thioether (sulfide) groups is 1. The number of nitrogens with zero attached hydrogens (tertiary/aromatic N) is 1. The highest BCUT2D eigenvalue weighted by atomic mass is 32.2. The van der Waals surface area contributed by atoms with E-state index >= 15 is 0 Å². The van der Waals surface area contributed by atoms with E-state index in [0.717, 1.165) is 0 Å². The van der Waals surface area contributed by atoms with Crippen molar-refractivity contribution in [3.05, 3.63) is 54.1 Å². The minimum Gasteiger partial charge on any atom is -0.481 e. The number of aromatic amines is 1. The van der Waals surface area contributed by atoms with Crippen LogP contribution in [0.5, 0.6) is 0 Å². The van der Waals surface area contributed by atoms with Crippen LogP contribution < -0.4 is 21.7 Å². The summed E-state index contributed by atoms with van der Waals surface area (Å²) in [5.41, 5.74) is 7.14. The zero-order chi connectivity index (χ0) is 28.1. The lowest BCUT2D eigenvalue weighted by molar-refractivity contribution is -0.143. The first-order valence-corrected chi connectivity index (χ1v) is 13.1. The van der Waals surface area contributed by atoms with Crippen LogP contribution in [0.15, 0.2) is 42.9 Å². The van der Waals surface area contributed by atoms with Gasteiger partial charge in [-0.3, -0.25) is 19.2 Å². The molecule has 0 saturated heterocycles. The Morgan fingerprint density at radius 2 is 1.58 bits per heavy atom. The number of carboxylic acids is 2. The Morgan fingerprint density at radius 3 is 2.16 bits per heavy atom. The van der Waals surface area contributed by atoms with Gasteiger partial charge in [0.15, 0.2) is 0 Å². The summed E-state index contributed by atoms with van der Waals surface area (Å²) in [5.74, 6) is -4.56. The fraction of sp³-hybridized carbons (Fsp3) is 0.417. The molecule has 13 nitrogen and oxygen atoms in total. The zero-order valence-electron chi connectivity index (χ0n) is 20.8. The average Bonchev–Trinajstić information content (AvgIpc) is 3.38. The lowest BCUT2D eigenvalue weighted by Gasteiger charge is -2.25.